The van der Waals surface area contributed by atoms with Gasteiger partial charge in [-0.1, -0.05) is 18.5 Å². The second-order valence-electron chi connectivity index (χ2n) is 5.01. The van der Waals surface area contributed by atoms with Gasteiger partial charge in [-0.15, -0.1) is 0 Å². The average molecular weight is 302 g/mol. The van der Waals surface area contributed by atoms with Gasteiger partial charge in [0, 0.05) is 12.3 Å². The molecule has 0 bridgehead atoms. The highest BCUT2D eigenvalue weighted by Crippen LogP contribution is 2.17. The van der Waals surface area contributed by atoms with Crippen molar-refractivity contribution in [2.24, 2.45) is 0 Å². The number of nitrogens with zero attached hydrogens (tertiary/aromatic N) is 3. The van der Waals surface area contributed by atoms with Crippen LogP contribution in [0.3, 0.4) is 0 Å². The number of imidazole rings is 1. The smallest absolute Gasteiger partial charge is 0.275 e. The zero-order valence-corrected chi connectivity index (χ0v) is 12.3. The summed E-state index contributed by atoms with van der Waals surface area (Å²) in [5.41, 5.74) is 1.48. The first-order valence-corrected chi connectivity index (χ1v) is 6.99. The highest BCUT2D eigenvalue weighted by atomic mass is 19.1. The first-order chi connectivity index (χ1) is 10.6. The maximum absolute atomic E-state index is 13.5. The van der Waals surface area contributed by atoms with Crippen molar-refractivity contribution in [2.75, 3.05) is 5.32 Å². The van der Waals surface area contributed by atoms with Crippen LogP contribution in [0.5, 0.6) is 0 Å². The molecule has 6 nitrogen and oxygen atoms in total. The summed E-state index contributed by atoms with van der Waals surface area (Å²) in [6, 6.07) is 4.48. The molecule has 0 unspecified atom stereocenters. The number of amides is 1. The van der Waals surface area contributed by atoms with Gasteiger partial charge in [-0.3, -0.25) is 9.20 Å². The highest BCUT2D eigenvalue weighted by molar-refractivity contribution is 6.04. The number of hydrogen-bond acceptors (Lipinski definition) is 4. The molecule has 0 aliphatic rings. The number of carbonyl (C=O) groups excluding carboxylic acids is 1. The SMILES string of the molecule is CCCc1nc2ccc(F)cn2c1C(=O)Nc1cc(C)on1. The van der Waals surface area contributed by atoms with E-state index >= 15 is 0 Å². The molecule has 1 amide bonds. The Hall–Kier alpha value is -2.70. The molecule has 22 heavy (non-hydrogen) atoms. The monoisotopic (exact) mass is 302 g/mol. The van der Waals surface area contributed by atoms with Crippen LogP contribution in [-0.2, 0) is 6.42 Å². The number of pyridine rings is 1. The van der Waals surface area contributed by atoms with Crippen molar-refractivity contribution in [3.8, 4) is 0 Å². The molecule has 1 N–H and O–H groups in total. The van der Waals surface area contributed by atoms with Gasteiger partial charge in [0.15, 0.2) is 5.82 Å². The van der Waals surface area contributed by atoms with E-state index in [1.807, 2.05) is 6.92 Å². The van der Waals surface area contributed by atoms with Crippen molar-refractivity contribution in [2.45, 2.75) is 26.7 Å². The molecule has 3 heterocycles. The molecular weight excluding hydrogens is 287 g/mol. The topological polar surface area (TPSA) is 72.4 Å². The van der Waals surface area contributed by atoms with E-state index in [1.165, 1.54) is 16.7 Å². The van der Waals surface area contributed by atoms with E-state index in [-0.39, 0.29) is 0 Å². The summed E-state index contributed by atoms with van der Waals surface area (Å²) < 4.78 is 19.9. The number of aryl methyl sites for hydroxylation is 2. The maximum Gasteiger partial charge on any atom is 0.275 e. The number of carbonyl (C=O) groups is 1. The summed E-state index contributed by atoms with van der Waals surface area (Å²) >= 11 is 0. The standard InChI is InChI=1S/C15H15FN4O2/c1-3-4-11-14(15(21)18-12-7-9(2)22-19-12)20-8-10(16)5-6-13(20)17-11/h5-8H,3-4H2,1-2H3,(H,18,19,21). The van der Waals surface area contributed by atoms with E-state index in [0.29, 0.717) is 35.0 Å². The van der Waals surface area contributed by atoms with Crippen molar-refractivity contribution < 1.29 is 13.7 Å². The second kappa shape index (κ2) is 5.59. The molecule has 3 aromatic heterocycles. The molecule has 0 atom stereocenters. The van der Waals surface area contributed by atoms with E-state index in [9.17, 15) is 9.18 Å². The predicted octanol–water partition coefficient (Wildman–Crippen LogP) is 2.97. The second-order valence-corrected chi connectivity index (χ2v) is 5.01. The van der Waals surface area contributed by atoms with Crippen molar-refractivity contribution in [1.82, 2.24) is 14.5 Å². The Balaban J connectivity index is 2.04. The molecule has 3 aromatic rings. The summed E-state index contributed by atoms with van der Waals surface area (Å²) in [5, 5.41) is 6.38. The van der Waals surface area contributed by atoms with Crippen LogP contribution in [0, 0.1) is 12.7 Å². The van der Waals surface area contributed by atoms with E-state index in [0.717, 1.165) is 6.42 Å². The van der Waals surface area contributed by atoms with Gasteiger partial charge >= 0.3 is 0 Å². The first kappa shape index (κ1) is 14.2. The molecule has 0 radical (unpaired) electrons. The molecule has 0 saturated heterocycles. The molecule has 0 spiro atoms. The summed E-state index contributed by atoms with van der Waals surface area (Å²) in [4.78, 5) is 16.9. The van der Waals surface area contributed by atoms with Crippen LogP contribution >= 0.6 is 0 Å². The fourth-order valence-corrected chi connectivity index (χ4v) is 2.32. The third-order valence-electron chi connectivity index (χ3n) is 3.23. The lowest BCUT2D eigenvalue weighted by molar-refractivity contribution is 0.101. The largest absolute Gasteiger partial charge is 0.360 e. The fourth-order valence-electron chi connectivity index (χ4n) is 2.32. The Labute approximate surface area is 125 Å². The number of aromatic nitrogens is 3. The van der Waals surface area contributed by atoms with E-state index < -0.39 is 11.7 Å². The lowest BCUT2D eigenvalue weighted by atomic mass is 10.2. The third-order valence-corrected chi connectivity index (χ3v) is 3.23. The van der Waals surface area contributed by atoms with Crippen LogP contribution in [0.1, 0.15) is 35.3 Å². The molecule has 0 aromatic carbocycles. The lowest BCUT2D eigenvalue weighted by Gasteiger charge is -2.04. The predicted molar refractivity (Wildman–Crippen MR) is 78.3 cm³/mol. The van der Waals surface area contributed by atoms with Crippen molar-refractivity contribution in [3.05, 3.63) is 47.4 Å². The summed E-state index contributed by atoms with van der Waals surface area (Å²) in [6.07, 6.45) is 2.71. The molecule has 3 rings (SSSR count). The number of halogens is 1. The Morgan fingerprint density at radius 2 is 2.27 bits per heavy atom. The minimum absolute atomic E-state index is 0.316. The van der Waals surface area contributed by atoms with Gasteiger partial charge in [0.1, 0.15) is 22.9 Å². The van der Waals surface area contributed by atoms with Gasteiger partial charge in [-0.25, -0.2) is 9.37 Å². The molecule has 0 saturated carbocycles. The number of rotatable bonds is 4. The number of hydrogen-bond donors (Lipinski definition) is 1. The Kier molecular flexibility index (Phi) is 3.62. The van der Waals surface area contributed by atoms with Gasteiger partial charge < -0.3 is 9.84 Å². The molecule has 7 heteroatoms. The van der Waals surface area contributed by atoms with Crippen LogP contribution in [0.4, 0.5) is 10.2 Å². The molecular formula is C15H15FN4O2. The lowest BCUT2D eigenvalue weighted by Crippen LogP contribution is -2.16. The molecule has 0 aliphatic carbocycles. The maximum atomic E-state index is 13.5. The fraction of sp³-hybridized carbons (Fsp3) is 0.267. The number of nitrogens with one attached hydrogen (secondary N) is 1. The Morgan fingerprint density at radius 3 is 2.95 bits per heavy atom. The van der Waals surface area contributed by atoms with Crippen LogP contribution in [0.2, 0.25) is 0 Å². The quantitative estimate of drug-likeness (QED) is 0.804. The van der Waals surface area contributed by atoms with E-state index in [1.54, 1.807) is 19.1 Å². The van der Waals surface area contributed by atoms with Gasteiger partial charge in [-0.05, 0) is 25.5 Å². The minimum atomic E-state index is -0.431. The minimum Gasteiger partial charge on any atom is -0.360 e. The van der Waals surface area contributed by atoms with Gasteiger partial charge in [-0.2, -0.15) is 0 Å². The van der Waals surface area contributed by atoms with E-state index in [2.05, 4.69) is 15.5 Å². The van der Waals surface area contributed by atoms with Crippen LogP contribution in [-0.4, -0.2) is 20.4 Å². The van der Waals surface area contributed by atoms with Crippen LogP contribution < -0.4 is 5.32 Å². The normalized spacial score (nSPS) is 11.0. The van der Waals surface area contributed by atoms with Gasteiger partial charge in [0.2, 0.25) is 0 Å². The zero-order chi connectivity index (χ0) is 15.7. The van der Waals surface area contributed by atoms with Crippen LogP contribution in [0.15, 0.2) is 28.9 Å². The Bertz CT molecular complexity index is 837. The molecule has 0 fully saturated rings. The molecule has 0 aliphatic heterocycles. The summed E-state index contributed by atoms with van der Waals surface area (Å²) in [7, 11) is 0. The Morgan fingerprint density at radius 1 is 1.45 bits per heavy atom. The zero-order valence-electron chi connectivity index (χ0n) is 12.3. The van der Waals surface area contributed by atoms with Crippen LogP contribution in [0.25, 0.3) is 5.65 Å². The van der Waals surface area contributed by atoms with Gasteiger partial charge in [0.05, 0.1) is 5.69 Å². The average Bonchev–Trinajstić information content (AvgIpc) is 3.02. The van der Waals surface area contributed by atoms with Crippen molar-refractivity contribution >= 4 is 17.4 Å². The summed E-state index contributed by atoms with van der Waals surface area (Å²) in [5.74, 6) is 0.0821. The van der Waals surface area contributed by atoms with Gasteiger partial charge in [0.25, 0.3) is 5.91 Å². The molecule has 114 valence electrons. The van der Waals surface area contributed by atoms with Crippen molar-refractivity contribution in [3.63, 3.8) is 0 Å². The number of anilines is 1. The highest BCUT2D eigenvalue weighted by Gasteiger charge is 2.20. The first-order valence-electron chi connectivity index (χ1n) is 6.99. The number of fused-ring (bicyclic) bond motifs is 1. The van der Waals surface area contributed by atoms with Crippen molar-refractivity contribution in [1.29, 1.82) is 0 Å². The third kappa shape index (κ3) is 2.57. The van der Waals surface area contributed by atoms with E-state index in [4.69, 9.17) is 4.52 Å². The summed E-state index contributed by atoms with van der Waals surface area (Å²) in [6.45, 7) is 3.72.